The smallest absolute Gasteiger partial charge is 0.302 e. The van der Waals surface area contributed by atoms with E-state index in [1.807, 2.05) is 6.92 Å². The molecule has 0 radical (unpaired) electrons. The highest BCUT2D eigenvalue weighted by atomic mass is 19.2. The number of aliphatic hydroxyl groups excluding tert-OH is 1. The van der Waals surface area contributed by atoms with E-state index in [1.165, 1.54) is 7.11 Å². The number of Topliss-reactive ketones (excluding diaryl/α,β-unsaturated/α-hetero) is 1. The molecular formula is C28H23F2N3O5. The van der Waals surface area contributed by atoms with Gasteiger partial charge in [0.05, 0.1) is 36.4 Å². The Hall–Kier alpha value is -4.73. The number of H-pyrrole nitrogens is 1. The van der Waals surface area contributed by atoms with Crippen molar-refractivity contribution in [3.8, 4) is 11.5 Å². The highest BCUT2D eigenvalue weighted by Gasteiger charge is 2.48. The summed E-state index contributed by atoms with van der Waals surface area (Å²) in [5, 5.41) is 11.3. The molecule has 2 N–H and O–H groups in total. The highest BCUT2D eigenvalue weighted by Crippen LogP contribution is 2.42. The lowest BCUT2D eigenvalue weighted by Crippen LogP contribution is -2.30. The number of hydrogen-bond donors (Lipinski definition) is 2. The topological polar surface area (TPSA) is 105 Å². The number of halogens is 2. The maximum atomic E-state index is 13.8. The molecule has 2 heterocycles. The van der Waals surface area contributed by atoms with Crippen LogP contribution in [-0.4, -0.2) is 40.5 Å². The van der Waals surface area contributed by atoms with Crippen LogP contribution >= 0.6 is 0 Å². The van der Waals surface area contributed by atoms with Crippen LogP contribution in [0.5, 0.6) is 11.5 Å². The third-order valence-corrected chi connectivity index (χ3v) is 6.19. The molecule has 1 aliphatic heterocycles. The van der Waals surface area contributed by atoms with Crippen LogP contribution in [0.25, 0.3) is 16.8 Å². The van der Waals surface area contributed by atoms with Crippen molar-refractivity contribution in [3.05, 3.63) is 89.0 Å². The molecule has 0 aliphatic carbocycles. The fraction of sp³-hybridized carbons (Fsp3) is 0.179. The Morgan fingerprint density at radius 3 is 2.50 bits per heavy atom. The third kappa shape index (κ3) is 4.34. The van der Waals surface area contributed by atoms with Gasteiger partial charge in [0, 0.05) is 17.7 Å². The third-order valence-electron chi connectivity index (χ3n) is 6.19. The van der Waals surface area contributed by atoms with E-state index in [4.69, 9.17) is 9.47 Å². The minimum absolute atomic E-state index is 0.0628. The van der Waals surface area contributed by atoms with Gasteiger partial charge in [-0.1, -0.05) is 19.1 Å². The largest absolute Gasteiger partial charge is 0.507 e. The van der Waals surface area contributed by atoms with Crippen molar-refractivity contribution in [2.75, 3.05) is 18.6 Å². The molecule has 1 aliphatic rings. The predicted octanol–water partition coefficient (Wildman–Crippen LogP) is 5.26. The van der Waals surface area contributed by atoms with Crippen LogP contribution in [0.2, 0.25) is 0 Å². The van der Waals surface area contributed by atoms with Crippen molar-refractivity contribution >= 4 is 34.4 Å². The number of amides is 1. The summed E-state index contributed by atoms with van der Waals surface area (Å²) in [4.78, 5) is 34.8. The molecule has 5 rings (SSSR count). The number of ether oxygens (including phenoxy) is 2. The first kappa shape index (κ1) is 24.9. The molecule has 1 amide bonds. The number of imidazole rings is 1. The summed E-state index contributed by atoms with van der Waals surface area (Å²) < 4.78 is 38.6. The first-order valence-electron chi connectivity index (χ1n) is 11.8. The van der Waals surface area contributed by atoms with Gasteiger partial charge < -0.3 is 19.6 Å². The predicted molar refractivity (Wildman–Crippen MR) is 136 cm³/mol. The van der Waals surface area contributed by atoms with Gasteiger partial charge in [0.2, 0.25) is 5.95 Å². The van der Waals surface area contributed by atoms with Crippen LogP contribution in [0.3, 0.4) is 0 Å². The van der Waals surface area contributed by atoms with Crippen molar-refractivity contribution in [1.82, 2.24) is 9.97 Å². The van der Waals surface area contributed by atoms with E-state index in [0.29, 0.717) is 29.2 Å². The van der Waals surface area contributed by atoms with Gasteiger partial charge in [0.25, 0.3) is 5.78 Å². The first-order valence-corrected chi connectivity index (χ1v) is 11.8. The number of aromatic amines is 1. The van der Waals surface area contributed by atoms with E-state index in [-0.39, 0.29) is 22.6 Å². The lowest BCUT2D eigenvalue weighted by atomic mass is 9.95. The molecule has 0 spiro atoms. The van der Waals surface area contributed by atoms with Crippen LogP contribution in [0.15, 0.2) is 66.2 Å². The Labute approximate surface area is 216 Å². The zero-order valence-corrected chi connectivity index (χ0v) is 20.5. The molecule has 0 saturated carbocycles. The molecule has 8 nitrogen and oxygen atoms in total. The number of aliphatic hydroxyl groups is 1. The number of rotatable bonds is 7. The molecule has 1 atom stereocenters. The molecule has 38 heavy (non-hydrogen) atoms. The summed E-state index contributed by atoms with van der Waals surface area (Å²) in [5.41, 5.74) is 0.767. The lowest BCUT2D eigenvalue weighted by Gasteiger charge is -2.23. The number of aromatic nitrogens is 2. The van der Waals surface area contributed by atoms with Gasteiger partial charge in [-0.2, -0.15) is 0 Å². The van der Waals surface area contributed by atoms with Gasteiger partial charge in [-0.05, 0) is 48.4 Å². The van der Waals surface area contributed by atoms with Crippen LogP contribution in [-0.2, 0) is 9.59 Å². The fourth-order valence-electron chi connectivity index (χ4n) is 4.37. The molecular weight excluding hydrogens is 496 g/mol. The average Bonchev–Trinajstić information content (AvgIpc) is 3.44. The molecule has 194 valence electrons. The number of fused-ring (bicyclic) bond motifs is 1. The highest BCUT2D eigenvalue weighted by molar-refractivity contribution is 6.51. The minimum atomic E-state index is -1.11. The number of nitrogens with one attached hydrogen (secondary N) is 1. The number of hydrogen-bond acceptors (Lipinski definition) is 6. The number of benzene rings is 3. The molecule has 3 aromatic carbocycles. The number of methoxy groups -OCH3 is 1. The Kier molecular flexibility index (Phi) is 6.54. The molecule has 0 bridgehead atoms. The number of anilines is 1. The summed E-state index contributed by atoms with van der Waals surface area (Å²) in [6.45, 7) is 2.50. The maximum absolute atomic E-state index is 13.8. The summed E-state index contributed by atoms with van der Waals surface area (Å²) in [5.74, 6) is -3.56. The summed E-state index contributed by atoms with van der Waals surface area (Å²) >= 11 is 0. The van der Waals surface area contributed by atoms with Crippen LogP contribution in [0.1, 0.15) is 30.5 Å². The second kappa shape index (κ2) is 9.97. The van der Waals surface area contributed by atoms with E-state index in [1.54, 1.807) is 48.5 Å². The summed E-state index contributed by atoms with van der Waals surface area (Å²) in [7, 11) is 1.47. The first-order chi connectivity index (χ1) is 18.3. The number of ketones is 1. The van der Waals surface area contributed by atoms with Gasteiger partial charge in [-0.25, -0.2) is 13.8 Å². The Morgan fingerprint density at radius 1 is 1.05 bits per heavy atom. The second-order valence-corrected chi connectivity index (χ2v) is 8.66. The van der Waals surface area contributed by atoms with Crippen molar-refractivity contribution in [3.63, 3.8) is 0 Å². The van der Waals surface area contributed by atoms with Crippen molar-refractivity contribution in [1.29, 1.82) is 0 Å². The van der Waals surface area contributed by atoms with Gasteiger partial charge in [-0.15, -0.1) is 0 Å². The molecule has 1 aromatic heterocycles. The SMILES string of the molecule is CCCOc1ccc(/C(O)=C2\C(=O)C(=O)N(c3nc4cc(F)c(F)cc4[nH]3)C2c2cccc(OC)c2)cc1. The molecule has 1 fully saturated rings. The van der Waals surface area contributed by atoms with E-state index in [2.05, 4.69) is 9.97 Å². The van der Waals surface area contributed by atoms with E-state index >= 15 is 0 Å². The normalized spacial score (nSPS) is 16.8. The van der Waals surface area contributed by atoms with Gasteiger partial charge in [-0.3, -0.25) is 14.5 Å². The van der Waals surface area contributed by atoms with Gasteiger partial charge in [0.15, 0.2) is 11.6 Å². The van der Waals surface area contributed by atoms with Gasteiger partial charge in [0.1, 0.15) is 17.3 Å². The quantitative estimate of drug-likeness (QED) is 0.196. The molecule has 10 heteroatoms. The lowest BCUT2D eigenvalue weighted by molar-refractivity contribution is -0.132. The zero-order chi connectivity index (χ0) is 27.0. The van der Waals surface area contributed by atoms with Gasteiger partial charge >= 0.3 is 5.91 Å². The number of carbonyl (C=O) groups is 2. The molecule has 1 unspecified atom stereocenters. The summed E-state index contributed by atoms with van der Waals surface area (Å²) in [6, 6.07) is 13.8. The maximum Gasteiger partial charge on any atom is 0.302 e. The van der Waals surface area contributed by atoms with Crippen molar-refractivity contribution < 1.29 is 33.0 Å². The minimum Gasteiger partial charge on any atom is -0.507 e. The fourth-order valence-corrected chi connectivity index (χ4v) is 4.37. The second-order valence-electron chi connectivity index (χ2n) is 8.66. The monoisotopic (exact) mass is 519 g/mol. The zero-order valence-electron chi connectivity index (χ0n) is 20.5. The Bertz CT molecular complexity index is 1540. The van der Waals surface area contributed by atoms with E-state index < -0.39 is 35.1 Å². The van der Waals surface area contributed by atoms with Crippen LogP contribution < -0.4 is 14.4 Å². The molecule has 1 saturated heterocycles. The summed E-state index contributed by atoms with van der Waals surface area (Å²) in [6.07, 6.45) is 0.826. The van der Waals surface area contributed by atoms with E-state index in [0.717, 1.165) is 23.5 Å². The Balaban J connectivity index is 1.67. The average molecular weight is 520 g/mol. The van der Waals surface area contributed by atoms with E-state index in [9.17, 15) is 23.5 Å². The molecule has 4 aromatic rings. The number of carbonyl (C=O) groups excluding carboxylic acids is 2. The van der Waals surface area contributed by atoms with Crippen molar-refractivity contribution in [2.24, 2.45) is 0 Å². The van der Waals surface area contributed by atoms with Crippen LogP contribution in [0.4, 0.5) is 14.7 Å². The Morgan fingerprint density at radius 2 is 1.79 bits per heavy atom. The van der Waals surface area contributed by atoms with Crippen molar-refractivity contribution in [2.45, 2.75) is 19.4 Å². The van der Waals surface area contributed by atoms with Crippen LogP contribution in [0, 0.1) is 11.6 Å². The number of nitrogens with zero attached hydrogens (tertiary/aromatic N) is 2. The standard InChI is InChI=1S/C28H23F2N3O5/c1-3-11-38-17-9-7-15(8-10-17)25(34)23-24(16-5-4-6-18(12-16)37-2)33(27(36)26(23)35)28-31-21-13-19(29)20(30)14-22(21)32-28/h4-10,12-14,24,34H,3,11H2,1-2H3,(H,31,32)/b25-23+.